The van der Waals surface area contributed by atoms with Gasteiger partial charge in [-0.2, -0.15) is 8.42 Å². The van der Waals surface area contributed by atoms with Gasteiger partial charge < -0.3 is 8.74 Å². The first kappa shape index (κ1) is 28.1. The van der Waals surface area contributed by atoms with Gasteiger partial charge in [-0.05, 0) is 145 Å². The fourth-order valence-corrected chi connectivity index (χ4v) is 12.2. The summed E-state index contributed by atoms with van der Waals surface area (Å²) in [6.45, 7) is 0. The average molecular weight is 620 g/mol. The van der Waals surface area contributed by atoms with Gasteiger partial charge in [0.05, 0.1) is 4.90 Å². The zero-order chi connectivity index (χ0) is 29.5. The van der Waals surface area contributed by atoms with Crippen LogP contribution in [0.3, 0.4) is 0 Å². The van der Waals surface area contributed by atoms with Crippen LogP contribution in [0, 0.1) is 23.7 Å². The highest BCUT2D eigenvalue weighted by molar-refractivity contribution is 7.87. The van der Waals surface area contributed by atoms with E-state index in [1.165, 1.54) is 31.4 Å². The fourth-order valence-electron chi connectivity index (χ4n) is 9.98. The minimum Gasteiger partial charge on any atom is -0.744 e. The normalized spacial score (nSPS) is 30.1. The molecule has 8 rings (SSSR count). The van der Waals surface area contributed by atoms with Gasteiger partial charge in [0.2, 0.25) is 0 Å². The largest absolute Gasteiger partial charge is 0.744 e. The van der Waals surface area contributed by atoms with Crippen molar-refractivity contribution in [1.29, 1.82) is 0 Å². The monoisotopic (exact) mass is 619 g/mol. The van der Waals surface area contributed by atoms with Crippen LogP contribution in [-0.2, 0) is 33.1 Å². The van der Waals surface area contributed by atoms with Gasteiger partial charge in [0, 0.05) is 5.56 Å². The fraction of sp³-hybridized carbons (Fsp3) is 0.543. The number of fused-ring (bicyclic) bond motifs is 6. The number of rotatable bonds is 6. The Morgan fingerprint density at radius 1 is 0.721 bits per heavy atom. The summed E-state index contributed by atoms with van der Waals surface area (Å²) in [6, 6.07) is 13.1. The molecule has 0 radical (unpaired) electrons. The highest BCUT2D eigenvalue weighted by atomic mass is 32.2. The zero-order valence-corrected chi connectivity index (χ0v) is 26.1. The van der Waals surface area contributed by atoms with Crippen LogP contribution in [0.1, 0.15) is 105 Å². The lowest BCUT2D eigenvalue weighted by Crippen LogP contribution is -2.22. The summed E-state index contributed by atoms with van der Waals surface area (Å²) >= 11 is 0. The molecule has 5 aliphatic rings. The van der Waals surface area contributed by atoms with Gasteiger partial charge >= 0.3 is 10.1 Å². The molecular formula is C35H39O6S2-. The van der Waals surface area contributed by atoms with E-state index in [0.717, 1.165) is 73.3 Å². The second kappa shape index (κ2) is 10.3. The maximum Gasteiger partial charge on any atom is 0.339 e. The van der Waals surface area contributed by atoms with Crippen LogP contribution in [0.25, 0.3) is 10.8 Å². The van der Waals surface area contributed by atoms with Gasteiger partial charge in [-0.15, -0.1) is 0 Å². The number of benzene rings is 3. The zero-order valence-electron chi connectivity index (χ0n) is 24.5. The molecule has 4 fully saturated rings. The first-order chi connectivity index (χ1) is 20.7. The van der Waals surface area contributed by atoms with Crippen molar-refractivity contribution < 1.29 is 25.6 Å². The van der Waals surface area contributed by atoms with Crippen LogP contribution in [0.5, 0.6) is 5.75 Å². The number of hydrogen-bond acceptors (Lipinski definition) is 6. The Morgan fingerprint density at radius 3 is 2.05 bits per heavy atom. The summed E-state index contributed by atoms with van der Waals surface area (Å²) in [5.41, 5.74) is 2.86. The topological polar surface area (TPSA) is 101 Å². The molecule has 8 heteroatoms. The lowest BCUT2D eigenvalue weighted by Gasteiger charge is -2.31. The van der Waals surface area contributed by atoms with E-state index in [2.05, 4.69) is 18.2 Å². The van der Waals surface area contributed by atoms with E-state index in [4.69, 9.17) is 4.18 Å². The van der Waals surface area contributed by atoms with E-state index < -0.39 is 20.2 Å². The lowest BCUT2D eigenvalue weighted by atomic mass is 9.77. The molecule has 6 atom stereocenters. The summed E-state index contributed by atoms with van der Waals surface area (Å²) in [5, 5.41) is 2.12. The minimum atomic E-state index is -4.70. The third-order valence-electron chi connectivity index (χ3n) is 11.7. The van der Waals surface area contributed by atoms with Crippen molar-refractivity contribution in [3.63, 3.8) is 0 Å². The van der Waals surface area contributed by atoms with Gasteiger partial charge in [-0.25, -0.2) is 8.42 Å². The maximum atomic E-state index is 14.9. The molecular weight excluding hydrogens is 581 g/mol. The van der Waals surface area contributed by atoms with E-state index in [-0.39, 0.29) is 22.5 Å². The smallest absolute Gasteiger partial charge is 0.339 e. The predicted octanol–water partition coefficient (Wildman–Crippen LogP) is 7.59. The van der Waals surface area contributed by atoms with Crippen molar-refractivity contribution in [3.05, 3.63) is 64.7 Å². The molecule has 0 aromatic heterocycles. The van der Waals surface area contributed by atoms with Crippen molar-refractivity contribution in [2.45, 2.75) is 105 Å². The molecule has 0 amide bonds. The van der Waals surface area contributed by atoms with Crippen LogP contribution in [-0.4, -0.2) is 21.4 Å². The van der Waals surface area contributed by atoms with Crippen molar-refractivity contribution in [3.8, 4) is 5.75 Å². The van der Waals surface area contributed by atoms with E-state index >= 15 is 0 Å². The van der Waals surface area contributed by atoms with Crippen LogP contribution in [0.4, 0.5) is 0 Å². The van der Waals surface area contributed by atoms with Gasteiger partial charge in [0.15, 0.2) is 0 Å². The molecule has 0 saturated heterocycles. The molecule has 4 saturated carbocycles. The highest BCUT2D eigenvalue weighted by Crippen LogP contribution is 2.59. The Morgan fingerprint density at radius 2 is 1.40 bits per heavy atom. The molecule has 6 unspecified atom stereocenters. The summed E-state index contributed by atoms with van der Waals surface area (Å²) in [4.78, 5) is 0.134. The second-order valence-electron chi connectivity index (χ2n) is 14.1. The molecule has 6 nitrogen and oxygen atoms in total. The first-order valence-corrected chi connectivity index (χ1v) is 19.1. The van der Waals surface area contributed by atoms with Crippen molar-refractivity contribution in [2.24, 2.45) is 23.7 Å². The molecule has 3 aromatic rings. The SMILES string of the molecule is O=S(=O)([O-])c1ccc(OS(=O)(=O)c2c(C3CC4CCC3C4)cc3ccccc3c2C2CC3CCC2C3)c2c1CCCCC2. The van der Waals surface area contributed by atoms with Crippen LogP contribution >= 0.6 is 0 Å². The molecule has 228 valence electrons. The van der Waals surface area contributed by atoms with E-state index in [9.17, 15) is 21.4 Å². The van der Waals surface area contributed by atoms with Crippen molar-refractivity contribution in [1.82, 2.24) is 0 Å². The molecule has 4 bridgehead atoms. The summed E-state index contributed by atoms with van der Waals surface area (Å²) < 4.78 is 72.4. The lowest BCUT2D eigenvalue weighted by molar-refractivity contribution is 0.400. The van der Waals surface area contributed by atoms with E-state index in [0.29, 0.717) is 52.5 Å². The Hall–Kier alpha value is -2.42. The average Bonchev–Trinajstić information content (AvgIpc) is 3.77. The predicted molar refractivity (Wildman–Crippen MR) is 164 cm³/mol. The molecule has 0 heterocycles. The number of hydrogen-bond donors (Lipinski definition) is 0. The maximum absolute atomic E-state index is 14.9. The highest BCUT2D eigenvalue weighted by Gasteiger charge is 2.47. The third kappa shape index (κ3) is 4.74. The Balaban J connectivity index is 1.33. The van der Waals surface area contributed by atoms with Crippen LogP contribution in [0.2, 0.25) is 0 Å². The Kier molecular flexibility index (Phi) is 6.73. The summed E-state index contributed by atoms with van der Waals surface area (Å²) in [5.74, 6) is 2.83. The van der Waals surface area contributed by atoms with E-state index in [1.807, 2.05) is 12.1 Å². The minimum absolute atomic E-state index is 0.176. The molecule has 0 aliphatic heterocycles. The van der Waals surface area contributed by atoms with E-state index in [1.54, 1.807) is 0 Å². The van der Waals surface area contributed by atoms with Crippen LogP contribution in [0.15, 0.2) is 52.3 Å². The standard InChI is InChI=1S/C35H40O6S2/c36-42(37,38)33-15-14-32(27-8-2-1-3-9-28(27)33)41-43(39,40)35-31(29-18-21-10-12-24(29)16-21)20-23-6-4-5-7-26(23)34(35)30-19-22-11-13-25(30)17-22/h4-7,14-15,20-22,24-25,29-30H,1-3,8-13,16-19H2,(H,36,37,38)/p-1. The quantitative estimate of drug-likeness (QED) is 0.160. The van der Waals surface area contributed by atoms with Gasteiger partial charge in [-0.3, -0.25) is 0 Å². The molecule has 43 heavy (non-hydrogen) atoms. The summed E-state index contributed by atoms with van der Waals surface area (Å²) in [7, 11) is -8.99. The van der Waals surface area contributed by atoms with Crippen molar-refractivity contribution in [2.75, 3.05) is 0 Å². The Bertz CT molecular complexity index is 1830. The van der Waals surface area contributed by atoms with Crippen LogP contribution < -0.4 is 4.18 Å². The van der Waals surface area contributed by atoms with Crippen molar-refractivity contribution >= 4 is 31.0 Å². The summed E-state index contributed by atoms with van der Waals surface area (Å²) in [6.07, 6.45) is 12.4. The van der Waals surface area contributed by atoms with Gasteiger partial charge in [-0.1, -0.05) is 43.5 Å². The molecule has 0 N–H and O–H groups in total. The molecule has 3 aromatic carbocycles. The molecule has 5 aliphatic carbocycles. The second-order valence-corrected chi connectivity index (χ2v) is 16.9. The Labute approximate surface area is 255 Å². The van der Waals surface area contributed by atoms with Gasteiger partial charge in [0.1, 0.15) is 20.8 Å². The molecule has 0 spiro atoms. The first-order valence-electron chi connectivity index (χ1n) is 16.3. The third-order valence-corrected chi connectivity index (χ3v) is 14.0. The van der Waals surface area contributed by atoms with Gasteiger partial charge in [0.25, 0.3) is 0 Å².